The van der Waals surface area contributed by atoms with Crippen LogP contribution >= 0.6 is 11.6 Å². The van der Waals surface area contributed by atoms with Crippen molar-refractivity contribution in [3.63, 3.8) is 0 Å². The molecule has 1 aromatic rings. The molecule has 1 aromatic carbocycles. The number of rotatable bonds is 3. The van der Waals surface area contributed by atoms with Crippen molar-refractivity contribution in [1.29, 1.82) is 0 Å². The molecule has 1 amide bonds. The fourth-order valence-corrected chi connectivity index (χ4v) is 2.32. The van der Waals surface area contributed by atoms with Crippen molar-refractivity contribution in [2.24, 2.45) is 5.92 Å². The zero-order chi connectivity index (χ0) is 12.4. The Hall–Kier alpha value is -1.22. The molecule has 0 N–H and O–H groups in total. The predicted octanol–water partition coefficient (Wildman–Crippen LogP) is 2.60. The number of methoxy groups -OCH3 is 1. The number of anilines is 1. The van der Waals surface area contributed by atoms with Crippen LogP contribution in [0, 0.1) is 12.8 Å². The maximum atomic E-state index is 11.9. The SMILES string of the molecule is COc1cc(N2CC(CCl)CC2=O)ccc1C. The molecule has 0 aromatic heterocycles. The highest BCUT2D eigenvalue weighted by atomic mass is 35.5. The number of halogens is 1. The lowest BCUT2D eigenvalue weighted by Crippen LogP contribution is -2.24. The van der Waals surface area contributed by atoms with Crippen LogP contribution in [0.3, 0.4) is 0 Å². The maximum absolute atomic E-state index is 11.9. The Labute approximate surface area is 106 Å². The van der Waals surface area contributed by atoms with Gasteiger partial charge in [-0.1, -0.05) is 6.07 Å². The van der Waals surface area contributed by atoms with Crippen molar-refractivity contribution in [3.8, 4) is 5.75 Å². The van der Waals surface area contributed by atoms with Gasteiger partial charge >= 0.3 is 0 Å². The molecule has 0 spiro atoms. The molecule has 1 fully saturated rings. The molecule has 4 heteroatoms. The fourth-order valence-electron chi connectivity index (χ4n) is 2.11. The molecule has 1 heterocycles. The highest BCUT2D eigenvalue weighted by molar-refractivity contribution is 6.18. The van der Waals surface area contributed by atoms with Crippen LogP contribution in [0.5, 0.6) is 5.75 Å². The zero-order valence-corrected chi connectivity index (χ0v) is 10.8. The van der Waals surface area contributed by atoms with Gasteiger partial charge in [-0.3, -0.25) is 4.79 Å². The summed E-state index contributed by atoms with van der Waals surface area (Å²) < 4.78 is 5.27. The number of amides is 1. The first-order valence-corrected chi connectivity index (χ1v) is 6.20. The molecular formula is C13H16ClNO2. The van der Waals surface area contributed by atoms with Crippen LogP contribution in [0.25, 0.3) is 0 Å². The van der Waals surface area contributed by atoms with Crippen molar-refractivity contribution in [2.45, 2.75) is 13.3 Å². The number of carbonyl (C=O) groups excluding carboxylic acids is 1. The van der Waals surface area contributed by atoms with Crippen LogP contribution in [0.2, 0.25) is 0 Å². The summed E-state index contributed by atoms with van der Waals surface area (Å²) >= 11 is 5.81. The Morgan fingerprint density at radius 3 is 2.88 bits per heavy atom. The topological polar surface area (TPSA) is 29.5 Å². The number of aryl methyl sites for hydroxylation is 1. The first-order valence-electron chi connectivity index (χ1n) is 5.66. The minimum atomic E-state index is 0.140. The van der Waals surface area contributed by atoms with E-state index >= 15 is 0 Å². The van der Waals surface area contributed by atoms with Crippen LogP contribution < -0.4 is 9.64 Å². The summed E-state index contributed by atoms with van der Waals surface area (Å²) in [6, 6.07) is 5.83. The summed E-state index contributed by atoms with van der Waals surface area (Å²) in [5.41, 5.74) is 1.96. The number of benzene rings is 1. The number of nitrogens with zero attached hydrogens (tertiary/aromatic N) is 1. The number of hydrogen-bond acceptors (Lipinski definition) is 2. The number of hydrogen-bond donors (Lipinski definition) is 0. The van der Waals surface area contributed by atoms with Gasteiger partial charge in [-0.15, -0.1) is 11.6 Å². The van der Waals surface area contributed by atoms with Gasteiger partial charge in [0, 0.05) is 30.6 Å². The van der Waals surface area contributed by atoms with Gasteiger partial charge in [0.15, 0.2) is 0 Å². The first kappa shape index (κ1) is 12.2. The summed E-state index contributed by atoms with van der Waals surface area (Å²) in [4.78, 5) is 13.6. The molecule has 92 valence electrons. The molecule has 3 nitrogen and oxygen atoms in total. The van der Waals surface area contributed by atoms with Crippen LogP contribution in [0.1, 0.15) is 12.0 Å². The molecule has 17 heavy (non-hydrogen) atoms. The Kier molecular flexibility index (Phi) is 3.57. The minimum absolute atomic E-state index is 0.140. The molecule has 0 aliphatic carbocycles. The van der Waals surface area contributed by atoms with Gasteiger partial charge in [-0.25, -0.2) is 0 Å². The van der Waals surface area contributed by atoms with Crippen LogP contribution in [0.15, 0.2) is 18.2 Å². The van der Waals surface area contributed by atoms with Crippen molar-refractivity contribution in [2.75, 3.05) is 24.4 Å². The molecule has 0 saturated carbocycles. The molecule has 1 atom stereocenters. The first-order chi connectivity index (χ1) is 8.15. The number of alkyl halides is 1. The third-order valence-electron chi connectivity index (χ3n) is 3.13. The Bertz CT molecular complexity index is 433. The maximum Gasteiger partial charge on any atom is 0.227 e. The highest BCUT2D eigenvalue weighted by Gasteiger charge is 2.30. The minimum Gasteiger partial charge on any atom is -0.496 e. The number of carbonyl (C=O) groups is 1. The van der Waals surface area contributed by atoms with E-state index in [0.29, 0.717) is 18.8 Å². The second-order valence-corrected chi connectivity index (χ2v) is 4.69. The van der Waals surface area contributed by atoms with Crippen LogP contribution in [0.4, 0.5) is 5.69 Å². The monoisotopic (exact) mass is 253 g/mol. The summed E-state index contributed by atoms with van der Waals surface area (Å²) in [5, 5.41) is 0. The molecule has 0 bridgehead atoms. The van der Waals surface area contributed by atoms with E-state index in [1.165, 1.54) is 0 Å². The lowest BCUT2D eigenvalue weighted by Gasteiger charge is -2.18. The van der Waals surface area contributed by atoms with E-state index in [4.69, 9.17) is 16.3 Å². The Balaban J connectivity index is 2.26. The molecule has 1 aliphatic heterocycles. The average Bonchev–Trinajstić information content (AvgIpc) is 2.71. The van der Waals surface area contributed by atoms with Gasteiger partial charge < -0.3 is 9.64 Å². The molecular weight excluding hydrogens is 238 g/mol. The Morgan fingerprint density at radius 1 is 1.53 bits per heavy atom. The fraction of sp³-hybridized carbons (Fsp3) is 0.462. The molecule has 2 rings (SSSR count). The van der Waals surface area contributed by atoms with Crippen LogP contribution in [-0.4, -0.2) is 25.4 Å². The zero-order valence-electron chi connectivity index (χ0n) is 10.1. The Morgan fingerprint density at radius 2 is 2.29 bits per heavy atom. The second kappa shape index (κ2) is 4.96. The van der Waals surface area contributed by atoms with Gasteiger partial charge in [0.05, 0.1) is 7.11 Å². The van der Waals surface area contributed by atoms with E-state index in [0.717, 1.165) is 17.0 Å². The smallest absolute Gasteiger partial charge is 0.227 e. The highest BCUT2D eigenvalue weighted by Crippen LogP contribution is 2.30. The normalized spacial score (nSPS) is 19.8. The molecule has 1 aliphatic rings. The van der Waals surface area contributed by atoms with E-state index in [1.54, 1.807) is 12.0 Å². The van der Waals surface area contributed by atoms with Crippen molar-refractivity contribution in [3.05, 3.63) is 23.8 Å². The van der Waals surface area contributed by atoms with Gasteiger partial charge in [-0.2, -0.15) is 0 Å². The molecule has 1 unspecified atom stereocenters. The van der Waals surface area contributed by atoms with Gasteiger partial charge in [0.1, 0.15) is 5.75 Å². The third kappa shape index (κ3) is 2.39. The van der Waals surface area contributed by atoms with E-state index < -0.39 is 0 Å². The van der Waals surface area contributed by atoms with Gasteiger partial charge in [-0.05, 0) is 24.5 Å². The van der Waals surface area contributed by atoms with Gasteiger partial charge in [0.2, 0.25) is 5.91 Å². The van der Waals surface area contributed by atoms with Crippen molar-refractivity contribution in [1.82, 2.24) is 0 Å². The number of ether oxygens (including phenoxy) is 1. The third-order valence-corrected chi connectivity index (χ3v) is 3.56. The quantitative estimate of drug-likeness (QED) is 0.775. The summed E-state index contributed by atoms with van der Waals surface area (Å²) in [7, 11) is 1.64. The summed E-state index contributed by atoms with van der Waals surface area (Å²) in [6.07, 6.45) is 0.541. The van der Waals surface area contributed by atoms with E-state index in [9.17, 15) is 4.79 Å². The molecule has 0 radical (unpaired) electrons. The van der Waals surface area contributed by atoms with Crippen LogP contribution in [-0.2, 0) is 4.79 Å². The van der Waals surface area contributed by atoms with Crippen molar-refractivity contribution < 1.29 is 9.53 Å². The lowest BCUT2D eigenvalue weighted by atomic mass is 10.1. The van der Waals surface area contributed by atoms with E-state index in [2.05, 4.69) is 0 Å². The molecule has 1 saturated heterocycles. The standard InChI is InChI=1S/C13H16ClNO2/c1-9-3-4-11(6-12(9)17-2)15-8-10(7-14)5-13(15)16/h3-4,6,10H,5,7-8H2,1-2H3. The van der Waals surface area contributed by atoms with Crippen molar-refractivity contribution >= 4 is 23.2 Å². The summed E-state index contributed by atoms with van der Waals surface area (Å²) in [5.74, 6) is 1.74. The predicted molar refractivity (Wildman–Crippen MR) is 68.9 cm³/mol. The van der Waals surface area contributed by atoms with E-state index in [1.807, 2.05) is 25.1 Å². The summed E-state index contributed by atoms with van der Waals surface area (Å²) in [6.45, 7) is 2.69. The largest absolute Gasteiger partial charge is 0.496 e. The lowest BCUT2D eigenvalue weighted by molar-refractivity contribution is -0.117. The average molecular weight is 254 g/mol. The van der Waals surface area contributed by atoms with Gasteiger partial charge in [0.25, 0.3) is 0 Å². The van der Waals surface area contributed by atoms with E-state index in [-0.39, 0.29) is 11.8 Å². The second-order valence-electron chi connectivity index (χ2n) is 4.38.